The van der Waals surface area contributed by atoms with Crippen LogP contribution in [0.4, 0.5) is 0 Å². The lowest BCUT2D eigenvalue weighted by Crippen LogP contribution is -2.43. The lowest BCUT2D eigenvalue weighted by Gasteiger charge is -2.21. The molecule has 1 saturated heterocycles. The average Bonchev–Trinajstić information content (AvgIpc) is 2.36. The van der Waals surface area contributed by atoms with E-state index in [1.165, 1.54) is 12.8 Å². The standard InChI is InChI=1S/C7H13NO/c1-2-8(7-9)5-3-4-6-8/h2-6H2,1H3/q+1. The monoisotopic (exact) mass is 127 g/mol. The molecule has 0 aromatic carbocycles. The van der Waals surface area contributed by atoms with Crippen LogP contribution in [0.3, 0.4) is 0 Å². The maximum Gasteiger partial charge on any atom is 0.442 e. The number of rotatable bonds is 2. The van der Waals surface area contributed by atoms with Crippen LogP contribution in [0.5, 0.6) is 0 Å². The Bertz CT molecular complexity index is 105. The van der Waals surface area contributed by atoms with Gasteiger partial charge < -0.3 is 0 Å². The maximum absolute atomic E-state index is 10.4. The van der Waals surface area contributed by atoms with Gasteiger partial charge in [0, 0.05) is 12.8 Å². The van der Waals surface area contributed by atoms with Crippen LogP contribution in [-0.4, -0.2) is 30.5 Å². The summed E-state index contributed by atoms with van der Waals surface area (Å²) in [6.07, 6.45) is 4.51. The SMILES string of the molecule is CC[N+]1([C]=O)CCCC1. The minimum absolute atomic E-state index is 0.583. The molecule has 0 atom stereocenters. The van der Waals surface area contributed by atoms with Gasteiger partial charge in [0.25, 0.3) is 0 Å². The third kappa shape index (κ3) is 1.13. The molecule has 51 valence electrons. The van der Waals surface area contributed by atoms with Crippen LogP contribution in [0.15, 0.2) is 0 Å². The largest absolute Gasteiger partial charge is 0.442 e. The first-order valence-corrected chi connectivity index (χ1v) is 3.58. The first-order valence-electron chi connectivity index (χ1n) is 3.58. The number of nitrogens with zero attached hydrogens (tertiary/aromatic N) is 1. The number of hydrogen-bond donors (Lipinski definition) is 0. The minimum Gasteiger partial charge on any atom is -0.248 e. The first kappa shape index (κ1) is 6.75. The molecule has 0 bridgehead atoms. The molecule has 0 saturated carbocycles. The summed E-state index contributed by atoms with van der Waals surface area (Å²) in [4.78, 5) is 10.4. The average molecular weight is 127 g/mol. The van der Waals surface area contributed by atoms with Crippen LogP contribution in [0, 0.1) is 0 Å². The van der Waals surface area contributed by atoms with Crippen molar-refractivity contribution in [2.45, 2.75) is 19.8 Å². The second kappa shape index (κ2) is 2.48. The van der Waals surface area contributed by atoms with Gasteiger partial charge in [-0.2, -0.15) is 0 Å². The second-order valence-electron chi connectivity index (χ2n) is 2.71. The van der Waals surface area contributed by atoms with Gasteiger partial charge in [0.05, 0.1) is 19.6 Å². The molecule has 0 aromatic heterocycles. The van der Waals surface area contributed by atoms with Crippen molar-refractivity contribution in [1.29, 1.82) is 0 Å². The van der Waals surface area contributed by atoms with E-state index in [4.69, 9.17) is 0 Å². The molecule has 0 unspecified atom stereocenters. The number of amides is 1. The van der Waals surface area contributed by atoms with Gasteiger partial charge in [0.2, 0.25) is 0 Å². The summed E-state index contributed by atoms with van der Waals surface area (Å²) in [7, 11) is 0. The van der Waals surface area contributed by atoms with Crippen molar-refractivity contribution in [3.8, 4) is 0 Å². The molecule has 1 amide bonds. The second-order valence-corrected chi connectivity index (χ2v) is 2.71. The van der Waals surface area contributed by atoms with E-state index >= 15 is 0 Å². The Kier molecular flexibility index (Phi) is 1.86. The molecule has 2 heteroatoms. The van der Waals surface area contributed by atoms with Crippen molar-refractivity contribution in [2.24, 2.45) is 0 Å². The summed E-state index contributed by atoms with van der Waals surface area (Å²) >= 11 is 0. The Labute approximate surface area is 56.1 Å². The molecule has 0 spiro atoms. The summed E-state index contributed by atoms with van der Waals surface area (Å²) in [5, 5.41) is 0. The Morgan fingerprint density at radius 1 is 1.44 bits per heavy atom. The predicted molar refractivity (Wildman–Crippen MR) is 35.5 cm³/mol. The van der Waals surface area contributed by atoms with Crippen molar-refractivity contribution in [3.05, 3.63) is 0 Å². The molecule has 2 nitrogen and oxygen atoms in total. The molecular weight excluding hydrogens is 114 g/mol. The molecule has 0 aliphatic carbocycles. The van der Waals surface area contributed by atoms with Crippen LogP contribution >= 0.6 is 0 Å². The molecule has 1 heterocycles. The zero-order chi connectivity index (χ0) is 6.74. The van der Waals surface area contributed by atoms with Crippen molar-refractivity contribution in [1.82, 2.24) is 0 Å². The number of hydrogen-bond acceptors (Lipinski definition) is 1. The Hall–Kier alpha value is -0.370. The first-order chi connectivity index (χ1) is 4.33. The van der Waals surface area contributed by atoms with Crippen molar-refractivity contribution in [2.75, 3.05) is 19.6 Å². The molecule has 9 heavy (non-hydrogen) atoms. The van der Waals surface area contributed by atoms with E-state index in [1.807, 2.05) is 0 Å². The highest BCUT2D eigenvalue weighted by atomic mass is 16.1. The van der Waals surface area contributed by atoms with E-state index in [1.54, 1.807) is 0 Å². The normalized spacial score (nSPS) is 24.1. The van der Waals surface area contributed by atoms with Crippen molar-refractivity contribution >= 4 is 6.41 Å². The van der Waals surface area contributed by atoms with Gasteiger partial charge >= 0.3 is 6.41 Å². The topological polar surface area (TPSA) is 17.1 Å². The maximum atomic E-state index is 10.4. The Morgan fingerprint density at radius 2 is 2.00 bits per heavy atom. The third-order valence-electron chi connectivity index (χ3n) is 2.22. The zero-order valence-corrected chi connectivity index (χ0v) is 5.89. The number of likely N-dealkylation sites (tertiary alicyclic amines) is 1. The van der Waals surface area contributed by atoms with E-state index < -0.39 is 0 Å². The fraction of sp³-hybridized carbons (Fsp3) is 0.857. The molecule has 1 radical (unpaired) electrons. The van der Waals surface area contributed by atoms with Gasteiger partial charge in [-0.3, -0.25) is 0 Å². The lowest BCUT2D eigenvalue weighted by atomic mass is 10.4. The number of quaternary nitrogens is 1. The van der Waals surface area contributed by atoms with Gasteiger partial charge in [-0.15, -0.1) is 0 Å². The van der Waals surface area contributed by atoms with E-state index in [9.17, 15) is 4.79 Å². The Morgan fingerprint density at radius 3 is 2.22 bits per heavy atom. The van der Waals surface area contributed by atoms with Crippen LogP contribution in [-0.2, 0) is 4.79 Å². The molecule has 0 N–H and O–H groups in total. The van der Waals surface area contributed by atoms with Crippen LogP contribution < -0.4 is 0 Å². The summed E-state index contributed by atoms with van der Waals surface area (Å²) in [5.74, 6) is 0. The molecule has 1 rings (SSSR count). The highest BCUT2D eigenvalue weighted by Gasteiger charge is 2.30. The summed E-state index contributed by atoms with van der Waals surface area (Å²) in [6.45, 7) is 5.00. The summed E-state index contributed by atoms with van der Waals surface area (Å²) in [5.41, 5.74) is 0. The van der Waals surface area contributed by atoms with E-state index in [-0.39, 0.29) is 0 Å². The predicted octanol–water partition coefficient (Wildman–Crippen LogP) is 0.684. The highest BCUT2D eigenvalue weighted by Crippen LogP contribution is 2.15. The molecule has 0 aromatic rings. The smallest absolute Gasteiger partial charge is 0.248 e. The fourth-order valence-corrected chi connectivity index (χ4v) is 1.41. The van der Waals surface area contributed by atoms with Gasteiger partial charge in [0.15, 0.2) is 0 Å². The quantitative estimate of drug-likeness (QED) is 0.499. The van der Waals surface area contributed by atoms with Crippen molar-refractivity contribution < 1.29 is 9.28 Å². The molecule has 1 fully saturated rings. The fourth-order valence-electron chi connectivity index (χ4n) is 1.41. The third-order valence-corrected chi connectivity index (χ3v) is 2.22. The van der Waals surface area contributed by atoms with E-state index in [0.29, 0.717) is 4.48 Å². The van der Waals surface area contributed by atoms with E-state index in [0.717, 1.165) is 19.6 Å². The van der Waals surface area contributed by atoms with Gasteiger partial charge in [-0.05, 0) is 6.92 Å². The van der Waals surface area contributed by atoms with Crippen LogP contribution in [0.2, 0.25) is 0 Å². The minimum atomic E-state index is 0.583. The molecule has 1 aliphatic heterocycles. The molecule has 1 aliphatic rings. The van der Waals surface area contributed by atoms with Crippen LogP contribution in [0.25, 0.3) is 0 Å². The molecular formula is C7H13NO+. The van der Waals surface area contributed by atoms with Crippen LogP contribution in [0.1, 0.15) is 19.8 Å². The highest BCUT2D eigenvalue weighted by molar-refractivity contribution is 5.38. The lowest BCUT2D eigenvalue weighted by molar-refractivity contribution is -0.823. The summed E-state index contributed by atoms with van der Waals surface area (Å²) < 4.78 is 0.583. The zero-order valence-electron chi connectivity index (χ0n) is 5.89. The van der Waals surface area contributed by atoms with Gasteiger partial charge in [-0.25, -0.2) is 9.28 Å². The van der Waals surface area contributed by atoms with Gasteiger partial charge in [0.1, 0.15) is 0 Å². The van der Waals surface area contributed by atoms with Gasteiger partial charge in [-0.1, -0.05) is 0 Å². The Balaban J connectivity index is 2.55. The van der Waals surface area contributed by atoms with E-state index in [2.05, 4.69) is 13.3 Å². The summed E-state index contributed by atoms with van der Waals surface area (Å²) in [6, 6.07) is 0. The number of carbonyl (C=O) groups excluding carboxylic acids is 1. The van der Waals surface area contributed by atoms with Crippen molar-refractivity contribution in [3.63, 3.8) is 0 Å².